The molecule has 2 aromatic rings. The third kappa shape index (κ3) is 4.62. The molecule has 0 radical (unpaired) electrons. The molecule has 4 nitrogen and oxygen atoms in total. The van der Waals surface area contributed by atoms with Crippen LogP contribution < -0.4 is 14.8 Å². The van der Waals surface area contributed by atoms with Gasteiger partial charge in [-0.1, -0.05) is 36.4 Å². The fraction of sp³-hybridized carbons (Fsp3) is 0.250. The number of amides is 1. The SMILES string of the molecule is O=C(/C=C\c1ccc2c(c1)OCO2)NCCCCc1ccccc1. The standard InChI is InChI=1S/C20H21NO3/c22-20(21-13-5-4-8-16-6-2-1-3-7-16)12-10-17-9-11-18-19(14-17)24-15-23-18/h1-3,6-7,9-12,14H,4-5,8,13,15H2,(H,21,22)/b12-10-. The zero-order chi connectivity index (χ0) is 16.6. The first kappa shape index (κ1) is 16.1. The minimum Gasteiger partial charge on any atom is -0.454 e. The van der Waals surface area contributed by atoms with E-state index in [1.54, 1.807) is 12.2 Å². The van der Waals surface area contributed by atoms with E-state index < -0.39 is 0 Å². The van der Waals surface area contributed by atoms with Crippen molar-refractivity contribution in [2.75, 3.05) is 13.3 Å². The van der Waals surface area contributed by atoms with Crippen molar-refractivity contribution in [3.05, 3.63) is 65.7 Å². The van der Waals surface area contributed by atoms with Crippen molar-refractivity contribution in [3.8, 4) is 11.5 Å². The van der Waals surface area contributed by atoms with Crippen LogP contribution in [0.4, 0.5) is 0 Å². The molecule has 1 aliphatic rings. The first-order chi connectivity index (χ1) is 11.8. The van der Waals surface area contributed by atoms with Crippen LogP contribution in [-0.4, -0.2) is 19.2 Å². The van der Waals surface area contributed by atoms with Gasteiger partial charge in [0.05, 0.1) is 0 Å². The number of carbonyl (C=O) groups excluding carboxylic acids is 1. The zero-order valence-electron chi connectivity index (χ0n) is 13.5. The molecule has 1 N–H and O–H groups in total. The second-order valence-corrected chi connectivity index (χ2v) is 5.68. The minimum absolute atomic E-state index is 0.0765. The molecular formula is C20H21NO3. The van der Waals surface area contributed by atoms with Gasteiger partial charge < -0.3 is 14.8 Å². The number of aryl methyl sites for hydroxylation is 1. The molecule has 0 aliphatic carbocycles. The van der Waals surface area contributed by atoms with Gasteiger partial charge in [-0.15, -0.1) is 0 Å². The average molecular weight is 323 g/mol. The van der Waals surface area contributed by atoms with Crippen molar-refractivity contribution in [3.63, 3.8) is 0 Å². The molecule has 0 unspecified atom stereocenters. The van der Waals surface area contributed by atoms with Gasteiger partial charge in [-0.2, -0.15) is 0 Å². The maximum Gasteiger partial charge on any atom is 0.243 e. The molecule has 3 rings (SSSR count). The Morgan fingerprint density at radius 3 is 2.75 bits per heavy atom. The highest BCUT2D eigenvalue weighted by atomic mass is 16.7. The molecule has 0 fully saturated rings. The van der Waals surface area contributed by atoms with Crippen LogP contribution in [0.5, 0.6) is 11.5 Å². The maximum absolute atomic E-state index is 11.8. The Morgan fingerprint density at radius 1 is 1.04 bits per heavy atom. The van der Waals surface area contributed by atoms with E-state index in [0.29, 0.717) is 6.54 Å². The van der Waals surface area contributed by atoms with Crippen LogP contribution in [0, 0.1) is 0 Å². The van der Waals surface area contributed by atoms with E-state index in [4.69, 9.17) is 9.47 Å². The fourth-order valence-corrected chi connectivity index (χ4v) is 2.56. The number of rotatable bonds is 7. The summed E-state index contributed by atoms with van der Waals surface area (Å²) in [5.41, 5.74) is 2.25. The van der Waals surface area contributed by atoms with Crippen LogP contribution in [0.25, 0.3) is 6.08 Å². The summed E-state index contributed by atoms with van der Waals surface area (Å²) in [4.78, 5) is 11.8. The van der Waals surface area contributed by atoms with Gasteiger partial charge >= 0.3 is 0 Å². The number of ether oxygens (including phenoxy) is 2. The third-order valence-electron chi connectivity index (χ3n) is 3.86. The predicted octanol–water partition coefficient (Wildman–Crippen LogP) is 3.57. The summed E-state index contributed by atoms with van der Waals surface area (Å²) in [6.45, 7) is 0.948. The molecule has 124 valence electrons. The third-order valence-corrected chi connectivity index (χ3v) is 3.86. The van der Waals surface area contributed by atoms with Crippen molar-refractivity contribution in [2.45, 2.75) is 19.3 Å². The van der Waals surface area contributed by atoms with E-state index in [1.165, 1.54) is 5.56 Å². The summed E-state index contributed by atoms with van der Waals surface area (Å²) in [5, 5.41) is 2.91. The summed E-state index contributed by atoms with van der Waals surface area (Å²) >= 11 is 0. The smallest absolute Gasteiger partial charge is 0.243 e. The van der Waals surface area contributed by atoms with Gasteiger partial charge in [0.25, 0.3) is 0 Å². The molecule has 1 aliphatic heterocycles. The van der Waals surface area contributed by atoms with E-state index >= 15 is 0 Å². The Labute approximate surface area is 142 Å². The Kier molecular flexibility index (Phi) is 5.51. The summed E-state index contributed by atoms with van der Waals surface area (Å²) in [6, 6.07) is 16.0. The number of hydrogen-bond acceptors (Lipinski definition) is 3. The highest BCUT2D eigenvalue weighted by Gasteiger charge is 2.12. The number of carbonyl (C=O) groups is 1. The molecule has 0 spiro atoms. The molecule has 0 atom stereocenters. The fourth-order valence-electron chi connectivity index (χ4n) is 2.56. The van der Waals surface area contributed by atoms with Crippen LogP contribution >= 0.6 is 0 Å². The maximum atomic E-state index is 11.8. The van der Waals surface area contributed by atoms with Crippen molar-refractivity contribution in [2.24, 2.45) is 0 Å². The summed E-state index contributed by atoms with van der Waals surface area (Å²) in [5.74, 6) is 1.39. The highest BCUT2D eigenvalue weighted by Crippen LogP contribution is 2.32. The molecule has 1 heterocycles. The van der Waals surface area contributed by atoms with Crippen LogP contribution in [0.2, 0.25) is 0 Å². The lowest BCUT2D eigenvalue weighted by Crippen LogP contribution is -2.22. The van der Waals surface area contributed by atoms with Crippen LogP contribution in [0.1, 0.15) is 24.0 Å². The van der Waals surface area contributed by atoms with Crippen molar-refractivity contribution in [1.82, 2.24) is 5.32 Å². The number of fused-ring (bicyclic) bond motifs is 1. The van der Waals surface area contributed by atoms with Gasteiger partial charge in [-0.3, -0.25) is 4.79 Å². The van der Waals surface area contributed by atoms with E-state index in [2.05, 4.69) is 29.6 Å². The van der Waals surface area contributed by atoms with Gasteiger partial charge in [-0.05, 0) is 48.6 Å². The summed E-state index contributed by atoms with van der Waals surface area (Å²) < 4.78 is 10.6. The first-order valence-electron chi connectivity index (χ1n) is 8.21. The number of unbranched alkanes of at least 4 members (excludes halogenated alkanes) is 1. The quantitative estimate of drug-likeness (QED) is 0.626. The number of nitrogens with one attached hydrogen (secondary N) is 1. The first-order valence-corrected chi connectivity index (χ1v) is 8.21. The summed E-state index contributed by atoms with van der Waals surface area (Å²) in [6.07, 6.45) is 6.41. The molecule has 0 aromatic heterocycles. The predicted molar refractivity (Wildman–Crippen MR) is 94.0 cm³/mol. The average Bonchev–Trinajstić information content (AvgIpc) is 3.08. The zero-order valence-corrected chi connectivity index (χ0v) is 13.5. The molecule has 1 amide bonds. The second-order valence-electron chi connectivity index (χ2n) is 5.68. The van der Waals surface area contributed by atoms with E-state index in [1.807, 2.05) is 24.3 Å². The van der Waals surface area contributed by atoms with Crippen molar-refractivity contribution < 1.29 is 14.3 Å². The molecule has 2 aromatic carbocycles. The Morgan fingerprint density at radius 2 is 1.88 bits per heavy atom. The lowest BCUT2D eigenvalue weighted by Gasteiger charge is -2.03. The molecule has 24 heavy (non-hydrogen) atoms. The largest absolute Gasteiger partial charge is 0.454 e. The molecular weight excluding hydrogens is 302 g/mol. The van der Waals surface area contributed by atoms with E-state index in [-0.39, 0.29) is 12.7 Å². The van der Waals surface area contributed by atoms with Crippen LogP contribution in [0.15, 0.2) is 54.6 Å². The van der Waals surface area contributed by atoms with Gasteiger partial charge in [-0.25, -0.2) is 0 Å². The second kappa shape index (κ2) is 8.20. The normalized spacial score (nSPS) is 12.5. The Bertz CT molecular complexity index is 710. The minimum atomic E-state index is -0.0765. The van der Waals surface area contributed by atoms with E-state index in [0.717, 1.165) is 36.3 Å². The van der Waals surface area contributed by atoms with E-state index in [9.17, 15) is 4.79 Å². The van der Waals surface area contributed by atoms with Gasteiger partial charge in [0.2, 0.25) is 12.7 Å². The highest BCUT2D eigenvalue weighted by molar-refractivity contribution is 5.91. The Hall–Kier alpha value is -2.75. The van der Waals surface area contributed by atoms with Crippen LogP contribution in [-0.2, 0) is 11.2 Å². The molecule has 0 bridgehead atoms. The van der Waals surface area contributed by atoms with Gasteiger partial charge in [0, 0.05) is 12.6 Å². The van der Waals surface area contributed by atoms with Crippen LogP contribution in [0.3, 0.4) is 0 Å². The molecule has 4 heteroatoms. The Balaban J connectivity index is 1.36. The number of hydrogen-bond donors (Lipinski definition) is 1. The molecule has 0 saturated carbocycles. The van der Waals surface area contributed by atoms with Gasteiger partial charge in [0.15, 0.2) is 11.5 Å². The number of benzene rings is 2. The monoisotopic (exact) mass is 323 g/mol. The van der Waals surface area contributed by atoms with Gasteiger partial charge in [0.1, 0.15) is 0 Å². The van der Waals surface area contributed by atoms with Crippen molar-refractivity contribution >= 4 is 12.0 Å². The molecule has 0 saturated heterocycles. The lowest BCUT2D eigenvalue weighted by atomic mass is 10.1. The summed E-state index contributed by atoms with van der Waals surface area (Å²) in [7, 11) is 0. The van der Waals surface area contributed by atoms with Crippen molar-refractivity contribution in [1.29, 1.82) is 0 Å². The topological polar surface area (TPSA) is 47.6 Å². The lowest BCUT2D eigenvalue weighted by molar-refractivity contribution is -0.116.